The van der Waals surface area contributed by atoms with Gasteiger partial charge in [0.05, 0.1) is 0 Å². The number of aryl methyl sites for hydroxylation is 1. The van der Waals surface area contributed by atoms with Crippen LogP contribution in [0.1, 0.15) is 19.4 Å². The predicted molar refractivity (Wildman–Crippen MR) is 60.5 cm³/mol. The molecule has 0 saturated carbocycles. The second-order valence-electron chi connectivity index (χ2n) is 3.51. The van der Waals surface area contributed by atoms with Gasteiger partial charge in [-0.1, -0.05) is 0 Å². The average molecular weight is 209 g/mol. The molecule has 0 unspecified atom stereocenters. The largest absolute Gasteiger partial charge is 0.355 e. The second kappa shape index (κ2) is 6.24. The summed E-state index contributed by atoms with van der Waals surface area (Å²) in [5.74, 6) is 0.0222. The molecule has 1 amide bonds. The van der Waals surface area contributed by atoms with Crippen molar-refractivity contribution in [2.45, 2.75) is 26.9 Å². The molecule has 2 N–H and O–H groups in total. The Morgan fingerprint density at radius 1 is 1.47 bits per heavy atom. The zero-order chi connectivity index (χ0) is 11.1. The van der Waals surface area contributed by atoms with Crippen molar-refractivity contribution in [3.05, 3.63) is 24.0 Å². The number of amides is 1. The fourth-order valence-corrected chi connectivity index (χ4v) is 1.35. The van der Waals surface area contributed by atoms with Crippen LogP contribution in [0.2, 0.25) is 0 Å². The van der Waals surface area contributed by atoms with Gasteiger partial charge in [-0.2, -0.15) is 0 Å². The molecule has 0 aromatic carbocycles. The maximum Gasteiger partial charge on any atom is 0.216 e. The van der Waals surface area contributed by atoms with Gasteiger partial charge in [0.25, 0.3) is 0 Å². The summed E-state index contributed by atoms with van der Waals surface area (Å²) in [6.07, 6.45) is 4.20. The zero-order valence-corrected chi connectivity index (χ0v) is 9.42. The van der Waals surface area contributed by atoms with Crippen molar-refractivity contribution in [1.29, 1.82) is 0 Å². The summed E-state index contributed by atoms with van der Waals surface area (Å²) in [6, 6.07) is 2.11. The molecule has 1 heterocycles. The molecule has 0 aliphatic heterocycles. The Balaban J connectivity index is 2.12. The minimum atomic E-state index is 0.0222. The van der Waals surface area contributed by atoms with Crippen molar-refractivity contribution in [1.82, 2.24) is 15.2 Å². The standard InChI is InChI=1S/C11H19N3O/c1-3-14-7-4-11(9-14)8-12-5-6-13-10(2)15/h4,7,9,12H,3,5-6,8H2,1-2H3,(H,13,15). The Morgan fingerprint density at radius 3 is 2.87 bits per heavy atom. The molecule has 0 spiro atoms. The molecule has 84 valence electrons. The van der Waals surface area contributed by atoms with Crippen molar-refractivity contribution in [3.8, 4) is 0 Å². The van der Waals surface area contributed by atoms with Crippen LogP contribution < -0.4 is 10.6 Å². The van der Waals surface area contributed by atoms with Gasteiger partial charge >= 0.3 is 0 Å². The smallest absolute Gasteiger partial charge is 0.216 e. The normalized spacial score (nSPS) is 10.3. The minimum absolute atomic E-state index is 0.0222. The maximum absolute atomic E-state index is 10.6. The van der Waals surface area contributed by atoms with Gasteiger partial charge in [-0.15, -0.1) is 0 Å². The average Bonchev–Trinajstić information content (AvgIpc) is 2.65. The van der Waals surface area contributed by atoms with Gasteiger partial charge in [0, 0.05) is 45.5 Å². The van der Waals surface area contributed by atoms with Gasteiger partial charge in [0.2, 0.25) is 5.91 Å². The lowest BCUT2D eigenvalue weighted by Gasteiger charge is -2.03. The molecule has 0 aliphatic carbocycles. The first kappa shape index (κ1) is 11.8. The van der Waals surface area contributed by atoms with E-state index in [1.807, 2.05) is 0 Å². The molecule has 0 bridgehead atoms. The first-order chi connectivity index (χ1) is 7.22. The molecule has 4 heteroatoms. The summed E-state index contributed by atoms with van der Waals surface area (Å²) in [7, 11) is 0. The van der Waals surface area contributed by atoms with Gasteiger partial charge in [-0.3, -0.25) is 4.79 Å². The first-order valence-electron chi connectivity index (χ1n) is 5.32. The minimum Gasteiger partial charge on any atom is -0.355 e. The van der Waals surface area contributed by atoms with Crippen LogP contribution in [0, 0.1) is 0 Å². The van der Waals surface area contributed by atoms with Crippen molar-refractivity contribution < 1.29 is 4.79 Å². The highest BCUT2D eigenvalue weighted by Crippen LogP contribution is 1.99. The third kappa shape index (κ3) is 4.65. The molecule has 0 fully saturated rings. The summed E-state index contributed by atoms with van der Waals surface area (Å²) in [4.78, 5) is 10.6. The molecule has 15 heavy (non-hydrogen) atoms. The van der Waals surface area contributed by atoms with E-state index in [1.165, 1.54) is 12.5 Å². The molecular formula is C11H19N3O. The molecule has 1 aromatic heterocycles. The van der Waals surface area contributed by atoms with E-state index >= 15 is 0 Å². The molecule has 1 rings (SSSR count). The van der Waals surface area contributed by atoms with Crippen LogP contribution in [0.25, 0.3) is 0 Å². The molecule has 1 aromatic rings. The SMILES string of the molecule is CCn1ccc(CNCCNC(C)=O)c1. The third-order valence-corrected chi connectivity index (χ3v) is 2.18. The molecule has 0 saturated heterocycles. The Bertz CT molecular complexity index is 307. The van der Waals surface area contributed by atoms with Crippen LogP contribution in [0.3, 0.4) is 0 Å². The number of hydrogen-bond acceptors (Lipinski definition) is 2. The van der Waals surface area contributed by atoms with Crippen LogP contribution in [0.5, 0.6) is 0 Å². The first-order valence-corrected chi connectivity index (χ1v) is 5.32. The summed E-state index contributed by atoms with van der Waals surface area (Å²) in [5.41, 5.74) is 1.28. The number of hydrogen-bond donors (Lipinski definition) is 2. The van der Waals surface area contributed by atoms with Crippen LogP contribution in [0.4, 0.5) is 0 Å². The van der Waals surface area contributed by atoms with E-state index in [0.29, 0.717) is 6.54 Å². The Kier molecular flexibility index (Phi) is 4.90. The number of carbonyl (C=O) groups excluding carboxylic acids is 1. The lowest BCUT2D eigenvalue weighted by Crippen LogP contribution is -2.29. The van der Waals surface area contributed by atoms with Crippen LogP contribution in [-0.4, -0.2) is 23.6 Å². The van der Waals surface area contributed by atoms with E-state index in [4.69, 9.17) is 0 Å². The van der Waals surface area contributed by atoms with Gasteiger partial charge in [-0.05, 0) is 18.6 Å². The monoisotopic (exact) mass is 209 g/mol. The Morgan fingerprint density at radius 2 is 2.27 bits per heavy atom. The van der Waals surface area contributed by atoms with E-state index in [0.717, 1.165) is 19.6 Å². The lowest BCUT2D eigenvalue weighted by atomic mass is 10.3. The van der Waals surface area contributed by atoms with E-state index in [-0.39, 0.29) is 5.91 Å². The molecular weight excluding hydrogens is 190 g/mol. The molecule has 0 atom stereocenters. The van der Waals surface area contributed by atoms with Gasteiger partial charge in [0.15, 0.2) is 0 Å². The molecule has 0 radical (unpaired) electrons. The third-order valence-electron chi connectivity index (χ3n) is 2.18. The van der Waals surface area contributed by atoms with Crippen LogP contribution in [0.15, 0.2) is 18.5 Å². The van der Waals surface area contributed by atoms with E-state index in [9.17, 15) is 4.79 Å². The number of nitrogens with zero attached hydrogens (tertiary/aromatic N) is 1. The zero-order valence-electron chi connectivity index (χ0n) is 9.42. The highest BCUT2D eigenvalue weighted by molar-refractivity contribution is 5.72. The molecule has 4 nitrogen and oxygen atoms in total. The topological polar surface area (TPSA) is 46.1 Å². The highest BCUT2D eigenvalue weighted by Gasteiger charge is 1.95. The van der Waals surface area contributed by atoms with Crippen molar-refractivity contribution in [2.75, 3.05) is 13.1 Å². The van der Waals surface area contributed by atoms with E-state index in [2.05, 4.69) is 40.6 Å². The number of aromatic nitrogens is 1. The summed E-state index contributed by atoms with van der Waals surface area (Å²) in [6.45, 7) is 6.99. The fourth-order valence-electron chi connectivity index (χ4n) is 1.35. The second-order valence-corrected chi connectivity index (χ2v) is 3.51. The summed E-state index contributed by atoms with van der Waals surface area (Å²) in [5, 5.41) is 6.01. The molecule has 0 aliphatic rings. The van der Waals surface area contributed by atoms with E-state index in [1.54, 1.807) is 0 Å². The van der Waals surface area contributed by atoms with Crippen molar-refractivity contribution in [3.63, 3.8) is 0 Å². The Labute approximate surface area is 90.7 Å². The predicted octanol–water partition coefficient (Wildman–Crippen LogP) is 0.734. The summed E-state index contributed by atoms with van der Waals surface area (Å²) >= 11 is 0. The van der Waals surface area contributed by atoms with Crippen LogP contribution >= 0.6 is 0 Å². The summed E-state index contributed by atoms with van der Waals surface area (Å²) < 4.78 is 2.14. The van der Waals surface area contributed by atoms with Crippen LogP contribution in [-0.2, 0) is 17.9 Å². The van der Waals surface area contributed by atoms with Crippen molar-refractivity contribution in [2.24, 2.45) is 0 Å². The fraction of sp³-hybridized carbons (Fsp3) is 0.545. The van der Waals surface area contributed by atoms with Crippen molar-refractivity contribution >= 4 is 5.91 Å². The van der Waals surface area contributed by atoms with Gasteiger partial charge in [-0.25, -0.2) is 0 Å². The lowest BCUT2D eigenvalue weighted by molar-refractivity contribution is -0.118. The van der Waals surface area contributed by atoms with Gasteiger partial charge in [0.1, 0.15) is 0 Å². The number of nitrogens with one attached hydrogen (secondary N) is 2. The number of carbonyl (C=O) groups is 1. The highest BCUT2D eigenvalue weighted by atomic mass is 16.1. The number of rotatable bonds is 6. The van der Waals surface area contributed by atoms with E-state index < -0.39 is 0 Å². The Hall–Kier alpha value is -1.29. The maximum atomic E-state index is 10.6. The quantitative estimate of drug-likeness (QED) is 0.679. The van der Waals surface area contributed by atoms with Gasteiger partial charge < -0.3 is 15.2 Å².